The molecule has 1 aliphatic rings. The summed E-state index contributed by atoms with van der Waals surface area (Å²) >= 11 is 5.92. The summed E-state index contributed by atoms with van der Waals surface area (Å²) < 4.78 is 11.7. The van der Waals surface area contributed by atoms with E-state index in [0.717, 1.165) is 0 Å². The van der Waals surface area contributed by atoms with Crippen molar-refractivity contribution in [1.82, 2.24) is 0 Å². The van der Waals surface area contributed by atoms with E-state index in [-0.39, 0.29) is 5.75 Å². The molecule has 0 aliphatic carbocycles. The average Bonchev–Trinajstić information content (AvgIpc) is 2.40. The molecule has 94 valence electrons. The minimum atomic E-state index is -0.585. The maximum atomic E-state index is 9.82. The molecule has 1 aliphatic heterocycles. The molecular formula is C13H17ClO3. The molecule has 0 unspecified atom stereocenters. The van der Waals surface area contributed by atoms with Crippen molar-refractivity contribution in [3.8, 4) is 5.75 Å². The molecule has 1 aromatic carbocycles. The van der Waals surface area contributed by atoms with Gasteiger partial charge in [-0.2, -0.15) is 0 Å². The number of phenolic OH excluding ortho intramolecular Hbond substituents is 1. The van der Waals surface area contributed by atoms with Gasteiger partial charge in [0.05, 0.1) is 16.8 Å². The van der Waals surface area contributed by atoms with Gasteiger partial charge in [0.15, 0.2) is 6.29 Å². The predicted molar refractivity (Wildman–Crippen MR) is 66.2 cm³/mol. The van der Waals surface area contributed by atoms with Crippen LogP contribution in [0.1, 0.15) is 39.5 Å². The van der Waals surface area contributed by atoms with Crippen LogP contribution in [0, 0.1) is 0 Å². The van der Waals surface area contributed by atoms with Crippen LogP contribution in [0.5, 0.6) is 5.75 Å². The SMILES string of the molecule is CC1(C)OC(c2cc(Cl)ccc2O)OC1(C)C. The van der Waals surface area contributed by atoms with Crippen LogP contribution in [-0.4, -0.2) is 16.3 Å². The van der Waals surface area contributed by atoms with E-state index < -0.39 is 17.5 Å². The number of ether oxygens (including phenoxy) is 2. The van der Waals surface area contributed by atoms with Gasteiger partial charge >= 0.3 is 0 Å². The second kappa shape index (κ2) is 3.87. The Labute approximate surface area is 106 Å². The van der Waals surface area contributed by atoms with Crippen LogP contribution < -0.4 is 0 Å². The molecule has 1 fully saturated rings. The maximum absolute atomic E-state index is 9.82. The van der Waals surface area contributed by atoms with E-state index in [1.807, 2.05) is 27.7 Å². The molecule has 17 heavy (non-hydrogen) atoms. The fraction of sp³-hybridized carbons (Fsp3) is 0.538. The average molecular weight is 257 g/mol. The zero-order valence-corrected chi connectivity index (χ0v) is 11.2. The standard InChI is InChI=1S/C13H17ClO3/c1-12(2)13(3,4)17-11(16-12)9-7-8(14)5-6-10(9)15/h5-7,11,15H,1-4H3. The van der Waals surface area contributed by atoms with Gasteiger partial charge in [0.25, 0.3) is 0 Å². The van der Waals surface area contributed by atoms with Gasteiger partial charge in [-0.15, -0.1) is 0 Å². The number of benzene rings is 1. The fourth-order valence-corrected chi connectivity index (χ4v) is 1.86. The minimum absolute atomic E-state index is 0.132. The first-order chi connectivity index (χ1) is 7.73. The highest BCUT2D eigenvalue weighted by molar-refractivity contribution is 6.30. The Morgan fingerprint density at radius 3 is 2.18 bits per heavy atom. The van der Waals surface area contributed by atoms with E-state index in [4.69, 9.17) is 21.1 Å². The van der Waals surface area contributed by atoms with E-state index in [9.17, 15) is 5.11 Å². The quantitative estimate of drug-likeness (QED) is 0.834. The third-order valence-electron chi connectivity index (χ3n) is 3.50. The zero-order valence-electron chi connectivity index (χ0n) is 10.5. The summed E-state index contributed by atoms with van der Waals surface area (Å²) in [5.41, 5.74) is -0.282. The maximum Gasteiger partial charge on any atom is 0.188 e. The molecule has 0 saturated carbocycles. The van der Waals surface area contributed by atoms with Crippen molar-refractivity contribution < 1.29 is 14.6 Å². The highest BCUT2D eigenvalue weighted by atomic mass is 35.5. The molecule has 3 nitrogen and oxygen atoms in total. The Bertz CT molecular complexity index is 424. The van der Waals surface area contributed by atoms with Gasteiger partial charge in [-0.25, -0.2) is 0 Å². The van der Waals surface area contributed by atoms with Gasteiger partial charge < -0.3 is 14.6 Å². The van der Waals surface area contributed by atoms with Gasteiger partial charge in [-0.05, 0) is 45.9 Å². The van der Waals surface area contributed by atoms with Crippen molar-refractivity contribution in [3.63, 3.8) is 0 Å². The monoisotopic (exact) mass is 256 g/mol. The lowest BCUT2D eigenvalue weighted by Gasteiger charge is -2.30. The van der Waals surface area contributed by atoms with Crippen molar-refractivity contribution >= 4 is 11.6 Å². The molecule has 1 saturated heterocycles. The van der Waals surface area contributed by atoms with E-state index in [2.05, 4.69) is 0 Å². The summed E-state index contributed by atoms with van der Waals surface area (Å²) in [5, 5.41) is 10.4. The molecular weight excluding hydrogens is 240 g/mol. The zero-order chi connectivity index (χ0) is 12.8. The first kappa shape index (κ1) is 12.7. The summed E-state index contributed by atoms with van der Waals surface area (Å²) in [4.78, 5) is 0. The number of hydrogen-bond donors (Lipinski definition) is 1. The molecule has 4 heteroatoms. The van der Waals surface area contributed by atoms with E-state index >= 15 is 0 Å². The van der Waals surface area contributed by atoms with Crippen molar-refractivity contribution in [1.29, 1.82) is 0 Å². The van der Waals surface area contributed by atoms with Crippen LogP contribution in [0.3, 0.4) is 0 Å². The van der Waals surface area contributed by atoms with Gasteiger partial charge in [-0.1, -0.05) is 11.6 Å². The molecule has 1 aromatic rings. The summed E-state index contributed by atoms with van der Waals surface area (Å²) in [6.45, 7) is 7.87. The van der Waals surface area contributed by atoms with Crippen molar-refractivity contribution in [2.75, 3.05) is 0 Å². The number of hydrogen-bond acceptors (Lipinski definition) is 3. The van der Waals surface area contributed by atoms with Gasteiger partial charge in [0, 0.05) is 5.02 Å². The van der Waals surface area contributed by atoms with Gasteiger partial charge in [0.1, 0.15) is 5.75 Å². The Kier molecular flexibility index (Phi) is 2.89. The number of rotatable bonds is 1. The van der Waals surface area contributed by atoms with Crippen LogP contribution >= 0.6 is 11.6 Å². The number of phenols is 1. The first-order valence-corrected chi connectivity index (χ1v) is 5.95. The first-order valence-electron chi connectivity index (χ1n) is 5.57. The smallest absolute Gasteiger partial charge is 0.188 e. The van der Waals surface area contributed by atoms with Gasteiger partial charge in [-0.3, -0.25) is 0 Å². The van der Waals surface area contributed by atoms with Gasteiger partial charge in [0.2, 0.25) is 0 Å². The normalized spacial score (nSPS) is 22.9. The number of aromatic hydroxyl groups is 1. The second-order valence-corrected chi connectivity index (χ2v) is 5.73. The van der Waals surface area contributed by atoms with Crippen LogP contribution in [0.15, 0.2) is 18.2 Å². The molecule has 0 radical (unpaired) electrons. The summed E-state index contributed by atoms with van der Waals surface area (Å²) in [6.07, 6.45) is -0.585. The third kappa shape index (κ3) is 2.15. The molecule has 0 spiro atoms. The van der Waals surface area contributed by atoms with Crippen LogP contribution in [-0.2, 0) is 9.47 Å². The Balaban J connectivity index is 2.35. The minimum Gasteiger partial charge on any atom is -0.507 e. The Morgan fingerprint density at radius 1 is 1.12 bits per heavy atom. The third-order valence-corrected chi connectivity index (χ3v) is 3.73. The number of halogens is 1. The second-order valence-electron chi connectivity index (χ2n) is 5.29. The van der Waals surface area contributed by atoms with E-state index in [1.54, 1.807) is 18.2 Å². The fourth-order valence-electron chi connectivity index (χ4n) is 1.68. The molecule has 0 bridgehead atoms. The summed E-state index contributed by atoms with van der Waals surface area (Å²) in [5.74, 6) is 0.132. The summed E-state index contributed by atoms with van der Waals surface area (Å²) in [6, 6.07) is 4.84. The summed E-state index contributed by atoms with van der Waals surface area (Å²) in [7, 11) is 0. The Hall–Kier alpha value is -0.770. The molecule has 2 rings (SSSR count). The van der Waals surface area contributed by atoms with E-state index in [0.29, 0.717) is 10.6 Å². The molecule has 1 N–H and O–H groups in total. The molecule has 0 amide bonds. The lowest BCUT2D eigenvalue weighted by atomic mass is 9.90. The van der Waals surface area contributed by atoms with Crippen LogP contribution in [0.4, 0.5) is 0 Å². The van der Waals surface area contributed by atoms with Crippen molar-refractivity contribution in [3.05, 3.63) is 28.8 Å². The van der Waals surface area contributed by atoms with Crippen LogP contribution in [0.2, 0.25) is 5.02 Å². The van der Waals surface area contributed by atoms with E-state index in [1.165, 1.54) is 0 Å². The highest BCUT2D eigenvalue weighted by Crippen LogP contribution is 2.46. The van der Waals surface area contributed by atoms with Crippen molar-refractivity contribution in [2.24, 2.45) is 0 Å². The highest BCUT2D eigenvalue weighted by Gasteiger charge is 2.50. The molecule has 0 atom stereocenters. The lowest BCUT2D eigenvalue weighted by Crippen LogP contribution is -2.41. The topological polar surface area (TPSA) is 38.7 Å². The molecule has 0 aromatic heterocycles. The Morgan fingerprint density at radius 2 is 1.65 bits per heavy atom. The predicted octanol–water partition coefficient (Wildman–Crippen LogP) is 3.65. The van der Waals surface area contributed by atoms with Crippen molar-refractivity contribution in [2.45, 2.75) is 45.2 Å². The largest absolute Gasteiger partial charge is 0.507 e. The van der Waals surface area contributed by atoms with Crippen LogP contribution in [0.25, 0.3) is 0 Å². The lowest BCUT2D eigenvalue weighted by molar-refractivity contribution is -0.0905. The molecule has 1 heterocycles.